The van der Waals surface area contributed by atoms with Crippen LogP contribution in [0.25, 0.3) is 11.3 Å². The van der Waals surface area contributed by atoms with Crippen LogP contribution in [0.1, 0.15) is 11.1 Å². The van der Waals surface area contributed by atoms with Crippen molar-refractivity contribution in [3.05, 3.63) is 76.8 Å². The molecule has 0 atom stereocenters. The van der Waals surface area contributed by atoms with Crippen molar-refractivity contribution in [1.29, 1.82) is 5.41 Å². The molecule has 2 heterocycles. The maximum absolute atomic E-state index is 8.86. The van der Waals surface area contributed by atoms with Crippen LogP contribution in [-0.4, -0.2) is 72.0 Å². The minimum atomic E-state index is 0.333. The lowest BCUT2D eigenvalue weighted by Crippen LogP contribution is -2.45. The monoisotopic (exact) mass is 434 g/mol. The van der Waals surface area contributed by atoms with E-state index in [9.17, 15) is 0 Å². The Labute approximate surface area is 188 Å². The first-order valence-corrected chi connectivity index (χ1v) is 10.9. The summed E-state index contributed by atoms with van der Waals surface area (Å²) in [6.45, 7) is 5.91. The second-order valence-corrected chi connectivity index (χ2v) is 8.14. The summed E-state index contributed by atoms with van der Waals surface area (Å²) < 4.78 is 0. The van der Waals surface area contributed by atoms with Gasteiger partial charge in [-0.05, 0) is 7.05 Å². The Bertz CT molecular complexity index is 1020. The summed E-state index contributed by atoms with van der Waals surface area (Å²) in [4.78, 5) is 4.78. The highest BCUT2D eigenvalue weighted by molar-refractivity contribution is 6.38. The molecule has 1 aliphatic rings. The first-order chi connectivity index (χ1) is 15.1. The van der Waals surface area contributed by atoms with Crippen LogP contribution in [0.3, 0.4) is 0 Å². The van der Waals surface area contributed by atoms with E-state index >= 15 is 0 Å². The molecule has 0 saturated carbocycles. The van der Waals surface area contributed by atoms with E-state index in [1.54, 1.807) is 0 Å². The third kappa shape index (κ3) is 5.10. The van der Waals surface area contributed by atoms with Crippen LogP contribution in [0.5, 0.6) is 0 Å². The Morgan fingerprint density at radius 1 is 0.968 bits per heavy atom. The fourth-order valence-electron chi connectivity index (χ4n) is 3.70. The number of nitrogens with zero attached hydrogens (tertiary/aromatic N) is 4. The maximum Gasteiger partial charge on any atom is 0.159 e. The Morgan fingerprint density at radius 2 is 1.61 bits per heavy atom. The number of hydrogen-bond acceptors (Lipinski definition) is 6. The molecule has 2 aromatic carbocycles. The van der Waals surface area contributed by atoms with E-state index in [4.69, 9.17) is 17.0 Å². The van der Waals surface area contributed by atoms with E-state index in [-0.39, 0.29) is 0 Å². The van der Waals surface area contributed by atoms with E-state index in [0.717, 1.165) is 43.9 Å². The molecular formula is C24H27ClN6. The zero-order valence-electron chi connectivity index (χ0n) is 17.7. The fraction of sp³-hybridized carbons (Fsp3) is 0.292. The molecule has 31 heavy (non-hydrogen) atoms. The van der Waals surface area contributed by atoms with Gasteiger partial charge in [-0.15, -0.1) is 10.2 Å². The molecule has 1 aliphatic heterocycles. The van der Waals surface area contributed by atoms with Gasteiger partial charge >= 0.3 is 0 Å². The standard InChI is InChI=1S/C24H27ClN6/c1-30-14-16-31(17-15-30)13-12-27-24-20(22(26)18-8-4-2-5-9-18)21(25)23(28-29-24)19-10-6-3-7-11-19/h2-11,26H,12-17H2,1H3,(H,27,29). The number of likely N-dealkylation sites (N-methyl/N-ethyl adjacent to an activating group) is 1. The average Bonchev–Trinajstić information content (AvgIpc) is 2.81. The number of halogens is 1. The van der Waals surface area contributed by atoms with E-state index in [2.05, 4.69) is 32.4 Å². The molecule has 2 N–H and O–H groups in total. The molecular weight excluding hydrogens is 408 g/mol. The molecule has 4 rings (SSSR count). The molecule has 1 fully saturated rings. The normalized spacial score (nSPS) is 15.0. The zero-order valence-corrected chi connectivity index (χ0v) is 18.4. The number of nitrogens with one attached hydrogen (secondary N) is 2. The van der Waals surface area contributed by atoms with Crippen molar-refractivity contribution in [3.8, 4) is 11.3 Å². The molecule has 7 heteroatoms. The summed E-state index contributed by atoms with van der Waals surface area (Å²) in [6, 6.07) is 19.3. The van der Waals surface area contributed by atoms with Crippen molar-refractivity contribution in [2.24, 2.45) is 0 Å². The molecule has 0 spiro atoms. The van der Waals surface area contributed by atoms with E-state index in [0.29, 0.717) is 34.4 Å². The molecule has 3 aromatic rings. The Hall–Kier alpha value is -2.80. The molecule has 6 nitrogen and oxygen atoms in total. The van der Waals surface area contributed by atoms with Crippen molar-refractivity contribution in [2.75, 3.05) is 51.6 Å². The Morgan fingerprint density at radius 3 is 2.29 bits per heavy atom. The van der Waals surface area contributed by atoms with Gasteiger partial charge in [-0.1, -0.05) is 72.3 Å². The van der Waals surface area contributed by atoms with Crippen LogP contribution < -0.4 is 5.32 Å². The maximum atomic E-state index is 8.86. The average molecular weight is 435 g/mol. The van der Waals surface area contributed by atoms with Gasteiger partial charge in [0.2, 0.25) is 0 Å². The van der Waals surface area contributed by atoms with Crippen LogP contribution >= 0.6 is 11.6 Å². The smallest absolute Gasteiger partial charge is 0.159 e. The molecule has 0 radical (unpaired) electrons. The van der Waals surface area contributed by atoms with Gasteiger partial charge < -0.3 is 10.2 Å². The molecule has 0 unspecified atom stereocenters. The van der Waals surface area contributed by atoms with Gasteiger partial charge in [0.1, 0.15) is 5.69 Å². The second-order valence-electron chi connectivity index (χ2n) is 7.76. The quantitative estimate of drug-likeness (QED) is 0.552. The summed E-state index contributed by atoms with van der Waals surface area (Å²) in [5.74, 6) is 0.549. The lowest BCUT2D eigenvalue weighted by atomic mass is 10.0. The lowest BCUT2D eigenvalue weighted by molar-refractivity contribution is 0.158. The summed E-state index contributed by atoms with van der Waals surface area (Å²) in [5.41, 5.74) is 3.17. The number of benzene rings is 2. The topological polar surface area (TPSA) is 68.1 Å². The largest absolute Gasteiger partial charge is 0.367 e. The lowest BCUT2D eigenvalue weighted by Gasteiger charge is -2.32. The number of piperazine rings is 1. The van der Waals surface area contributed by atoms with E-state index in [1.165, 1.54) is 0 Å². The second kappa shape index (κ2) is 10.0. The van der Waals surface area contributed by atoms with Gasteiger partial charge in [0.15, 0.2) is 5.82 Å². The molecule has 0 bridgehead atoms. The van der Waals surface area contributed by atoms with Crippen molar-refractivity contribution in [1.82, 2.24) is 20.0 Å². The van der Waals surface area contributed by atoms with E-state index < -0.39 is 0 Å². The summed E-state index contributed by atoms with van der Waals surface area (Å²) in [6.07, 6.45) is 0. The predicted molar refractivity (Wildman–Crippen MR) is 127 cm³/mol. The van der Waals surface area contributed by atoms with E-state index in [1.807, 2.05) is 60.7 Å². The SMILES string of the molecule is CN1CCN(CCNc2nnc(-c3ccccc3)c(Cl)c2C(=N)c2ccccc2)CC1. The highest BCUT2D eigenvalue weighted by Gasteiger charge is 2.21. The van der Waals surface area contributed by atoms with Crippen molar-refractivity contribution < 1.29 is 0 Å². The highest BCUT2D eigenvalue weighted by atomic mass is 35.5. The van der Waals surface area contributed by atoms with Crippen LogP contribution in [0, 0.1) is 5.41 Å². The summed E-state index contributed by atoms with van der Waals surface area (Å²) >= 11 is 6.84. The predicted octanol–water partition coefficient (Wildman–Crippen LogP) is 3.87. The minimum absolute atomic E-state index is 0.333. The van der Waals surface area contributed by atoms with Crippen molar-refractivity contribution >= 4 is 23.1 Å². The van der Waals surface area contributed by atoms with Gasteiger partial charge in [0.05, 0.1) is 16.3 Å². The molecule has 0 amide bonds. The molecule has 1 aromatic heterocycles. The fourth-order valence-corrected chi connectivity index (χ4v) is 4.03. The third-order valence-corrected chi connectivity index (χ3v) is 5.96. The van der Waals surface area contributed by atoms with Gasteiger partial charge in [0, 0.05) is 50.4 Å². The van der Waals surface area contributed by atoms with Crippen LogP contribution in [0.15, 0.2) is 60.7 Å². The zero-order chi connectivity index (χ0) is 21.6. The van der Waals surface area contributed by atoms with Crippen LogP contribution in [0.4, 0.5) is 5.82 Å². The Balaban J connectivity index is 1.61. The number of hydrogen-bond donors (Lipinski definition) is 2. The molecule has 1 saturated heterocycles. The van der Waals surface area contributed by atoms with Gasteiger partial charge in [-0.25, -0.2) is 0 Å². The Kier molecular flexibility index (Phi) is 6.92. The first-order valence-electron chi connectivity index (χ1n) is 10.5. The van der Waals surface area contributed by atoms with Crippen LogP contribution in [-0.2, 0) is 0 Å². The van der Waals surface area contributed by atoms with Crippen LogP contribution in [0.2, 0.25) is 5.02 Å². The molecule has 160 valence electrons. The summed E-state index contributed by atoms with van der Waals surface area (Å²) in [5, 5.41) is 21.5. The number of rotatable bonds is 7. The third-order valence-electron chi connectivity index (χ3n) is 5.59. The number of aromatic nitrogens is 2. The van der Waals surface area contributed by atoms with Gasteiger partial charge in [-0.3, -0.25) is 10.3 Å². The van der Waals surface area contributed by atoms with Gasteiger partial charge in [-0.2, -0.15) is 0 Å². The summed E-state index contributed by atoms with van der Waals surface area (Å²) in [7, 11) is 2.16. The first kappa shape index (κ1) is 21.4. The van der Waals surface area contributed by atoms with Gasteiger partial charge in [0.25, 0.3) is 0 Å². The number of anilines is 1. The highest BCUT2D eigenvalue weighted by Crippen LogP contribution is 2.33. The van der Waals surface area contributed by atoms with Crippen molar-refractivity contribution in [3.63, 3.8) is 0 Å². The van der Waals surface area contributed by atoms with Crippen molar-refractivity contribution in [2.45, 2.75) is 0 Å². The minimum Gasteiger partial charge on any atom is -0.367 e. The molecule has 0 aliphatic carbocycles.